The number of carbonyl (C=O) groups excluding carboxylic acids is 2. The lowest BCUT2D eigenvalue weighted by Gasteiger charge is -2.29. The lowest BCUT2D eigenvalue weighted by Crippen LogP contribution is -2.46. The van der Waals surface area contributed by atoms with E-state index in [-0.39, 0.29) is 11.5 Å². The fraction of sp³-hybridized carbons (Fsp3) is 0.0833. The van der Waals surface area contributed by atoms with Crippen molar-refractivity contribution in [1.29, 1.82) is 0 Å². The van der Waals surface area contributed by atoms with Crippen LogP contribution >= 0.6 is 0 Å². The predicted molar refractivity (Wildman–Crippen MR) is 117 cm³/mol. The molecule has 2 unspecified atom stereocenters. The topological polar surface area (TPSA) is 211 Å². The molecule has 0 radical (unpaired) electrons. The minimum atomic E-state index is -2.23. The maximum absolute atomic E-state index is 12.7. The molecule has 1 fully saturated rings. The Hall–Kier alpha value is -5.46. The van der Waals surface area contributed by atoms with E-state index < -0.39 is 75.3 Å². The summed E-state index contributed by atoms with van der Waals surface area (Å²) in [7, 11) is 0. The second-order valence-corrected chi connectivity index (χ2v) is 7.66. The van der Waals surface area contributed by atoms with Crippen molar-refractivity contribution in [2.24, 2.45) is 5.92 Å². The Morgan fingerprint density at radius 1 is 0.784 bits per heavy atom. The third-order valence-electron chi connectivity index (χ3n) is 5.50. The first-order chi connectivity index (χ1) is 17.5. The molecule has 37 heavy (non-hydrogen) atoms. The first-order valence-electron chi connectivity index (χ1n) is 10.2. The lowest BCUT2D eigenvalue weighted by molar-refractivity contribution is -0.156. The molecule has 13 heteroatoms. The normalized spacial score (nSPS) is 19.9. The van der Waals surface area contributed by atoms with Crippen LogP contribution in [0.1, 0.15) is 41.4 Å². The maximum atomic E-state index is 12.7. The molecule has 1 aliphatic carbocycles. The van der Waals surface area contributed by atoms with Crippen molar-refractivity contribution in [3.63, 3.8) is 0 Å². The second-order valence-electron chi connectivity index (χ2n) is 7.66. The van der Waals surface area contributed by atoms with Gasteiger partial charge in [-0.2, -0.15) is 0 Å². The number of allylic oxidation sites excluding steroid dienone is 1. The summed E-state index contributed by atoms with van der Waals surface area (Å²) in [6, 6.07) is 6.76. The molecule has 2 aromatic carbocycles. The molecule has 4 N–H and O–H groups in total. The summed E-state index contributed by atoms with van der Waals surface area (Å²) in [5.74, 6) is -11.3. The second kappa shape index (κ2) is 8.96. The first kappa shape index (κ1) is 24.7. The van der Waals surface area contributed by atoms with E-state index >= 15 is 0 Å². The van der Waals surface area contributed by atoms with Gasteiger partial charge in [-0.1, -0.05) is 12.1 Å². The molecule has 2 aromatic rings. The number of ether oxygens (including phenoxy) is 3. The van der Waals surface area contributed by atoms with Crippen molar-refractivity contribution in [3.8, 4) is 11.5 Å². The van der Waals surface area contributed by atoms with E-state index in [1.54, 1.807) is 0 Å². The Bertz CT molecular complexity index is 1460. The summed E-state index contributed by atoms with van der Waals surface area (Å²) in [4.78, 5) is 71.5. The number of carbonyl (C=O) groups is 6. The number of carboxylic acids is 4. The van der Waals surface area contributed by atoms with Crippen molar-refractivity contribution in [2.75, 3.05) is 0 Å². The average Bonchev–Trinajstić information content (AvgIpc) is 3.07. The van der Waals surface area contributed by atoms with Crippen LogP contribution in [0.2, 0.25) is 0 Å². The fourth-order valence-electron chi connectivity index (χ4n) is 3.87. The number of esters is 2. The lowest BCUT2D eigenvalue weighted by atomic mass is 9.85. The molecule has 0 amide bonds. The smallest absolute Gasteiger partial charge is 0.363 e. The van der Waals surface area contributed by atoms with E-state index in [4.69, 9.17) is 9.47 Å². The van der Waals surface area contributed by atoms with Crippen LogP contribution in [0.5, 0.6) is 11.5 Å². The Morgan fingerprint density at radius 3 is 1.86 bits per heavy atom. The molecule has 1 saturated heterocycles. The van der Waals surface area contributed by atoms with Gasteiger partial charge in [-0.05, 0) is 42.5 Å². The van der Waals surface area contributed by atoms with Crippen LogP contribution in [0.4, 0.5) is 0 Å². The number of carboxylic acid groups (broad SMARTS) is 4. The summed E-state index contributed by atoms with van der Waals surface area (Å²) in [5.41, 5.74) is -4.86. The van der Waals surface area contributed by atoms with E-state index in [1.165, 1.54) is 18.2 Å². The number of benzene rings is 2. The predicted octanol–water partition coefficient (Wildman–Crippen LogP) is 1.83. The van der Waals surface area contributed by atoms with E-state index in [2.05, 4.69) is 4.74 Å². The number of hydrogen-bond acceptors (Lipinski definition) is 9. The molecular weight excluding hydrogens is 496 g/mol. The number of hydrogen-bond donors (Lipinski definition) is 4. The SMILES string of the molecule is O=C(O)c1cccc(OC2=CC3C(=O)OC(=O)C3(Oc3cccc(C(=O)O)c3C(=O)O)C=C2)c1C(=O)O. The Balaban J connectivity index is 1.75. The summed E-state index contributed by atoms with van der Waals surface area (Å²) >= 11 is 0. The number of aromatic carboxylic acids is 4. The van der Waals surface area contributed by atoms with Crippen molar-refractivity contribution >= 4 is 35.8 Å². The fourth-order valence-corrected chi connectivity index (χ4v) is 3.87. The standard InChI is InChI=1S/C24H14O13/c25-18(26)11-3-1-5-14(16(11)20(29)30)35-10-7-8-24(13(9-10)22(33)36-23(24)34)37-15-6-2-4-12(19(27)28)17(15)21(31)32/h1-9,13H,(H,25,26)(H,27,28)(H,29,30)(H,31,32). The number of cyclic esters (lactones) is 2. The van der Waals surface area contributed by atoms with Crippen LogP contribution in [0.15, 0.2) is 60.4 Å². The molecule has 13 nitrogen and oxygen atoms in total. The Labute approximate surface area is 205 Å². The maximum Gasteiger partial charge on any atom is 0.363 e. The van der Waals surface area contributed by atoms with Gasteiger partial charge in [-0.25, -0.2) is 24.0 Å². The summed E-state index contributed by atoms with van der Waals surface area (Å²) < 4.78 is 15.9. The van der Waals surface area contributed by atoms with Crippen LogP contribution in [-0.4, -0.2) is 61.8 Å². The molecule has 2 aliphatic rings. The zero-order chi connectivity index (χ0) is 27.1. The highest BCUT2D eigenvalue weighted by Gasteiger charge is 2.60. The summed E-state index contributed by atoms with van der Waals surface area (Å²) in [5, 5.41) is 37.6. The highest BCUT2D eigenvalue weighted by Crippen LogP contribution is 2.41. The van der Waals surface area contributed by atoms with E-state index in [0.717, 1.165) is 36.4 Å². The van der Waals surface area contributed by atoms with E-state index in [1.807, 2.05) is 0 Å². The van der Waals surface area contributed by atoms with Crippen LogP contribution in [0, 0.1) is 5.92 Å². The monoisotopic (exact) mass is 510 g/mol. The first-order valence-corrected chi connectivity index (χ1v) is 10.2. The molecule has 0 bridgehead atoms. The average molecular weight is 510 g/mol. The molecular formula is C24H14O13. The highest BCUT2D eigenvalue weighted by molar-refractivity contribution is 6.06. The van der Waals surface area contributed by atoms with Gasteiger partial charge >= 0.3 is 35.8 Å². The van der Waals surface area contributed by atoms with Gasteiger partial charge < -0.3 is 34.6 Å². The molecule has 4 rings (SSSR count). The van der Waals surface area contributed by atoms with Gasteiger partial charge in [0.05, 0.1) is 11.1 Å². The number of fused-ring (bicyclic) bond motifs is 1. The molecule has 188 valence electrons. The molecule has 2 atom stereocenters. The minimum absolute atomic E-state index is 0.182. The quantitative estimate of drug-likeness (QED) is 0.295. The molecule has 1 aliphatic heterocycles. The van der Waals surface area contributed by atoms with Crippen LogP contribution in [-0.2, 0) is 14.3 Å². The Kier molecular flexibility index (Phi) is 5.97. The van der Waals surface area contributed by atoms with Gasteiger partial charge in [0.15, 0.2) is 0 Å². The zero-order valence-corrected chi connectivity index (χ0v) is 18.2. The largest absolute Gasteiger partial charge is 0.478 e. The van der Waals surface area contributed by atoms with Crippen molar-refractivity contribution in [2.45, 2.75) is 5.60 Å². The van der Waals surface area contributed by atoms with Crippen LogP contribution in [0.25, 0.3) is 0 Å². The molecule has 0 saturated carbocycles. The van der Waals surface area contributed by atoms with Gasteiger partial charge in [-0.15, -0.1) is 0 Å². The molecule has 0 aromatic heterocycles. The van der Waals surface area contributed by atoms with Crippen molar-refractivity contribution < 1.29 is 63.4 Å². The van der Waals surface area contributed by atoms with Gasteiger partial charge in [-0.3, -0.25) is 4.79 Å². The highest BCUT2D eigenvalue weighted by atomic mass is 16.6. The van der Waals surface area contributed by atoms with Gasteiger partial charge in [0.2, 0.25) is 5.60 Å². The third kappa shape index (κ3) is 4.14. The van der Waals surface area contributed by atoms with Gasteiger partial charge in [0.25, 0.3) is 0 Å². The Morgan fingerprint density at radius 2 is 1.32 bits per heavy atom. The summed E-state index contributed by atoms with van der Waals surface area (Å²) in [6.07, 6.45) is 3.17. The number of rotatable bonds is 8. The minimum Gasteiger partial charge on any atom is -0.478 e. The van der Waals surface area contributed by atoms with Crippen molar-refractivity contribution in [3.05, 3.63) is 82.6 Å². The van der Waals surface area contributed by atoms with Crippen LogP contribution < -0.4 is 9.47 Å². The van der Waals surface area contributed by atoms with Gasteiger partial charge in [0, 0.05) is 0 Å². The van der Waals surface area contributed by atoms with Crippen LogP contribution in [0.3, 0.4) is 0 Å². The summed E-state index contributed by atoms with van der Waals surface area (Å²) in [6.45, 7) is 0. The van der Waals surface area contributed by atoms with Crippen molar-refractivity contribution in [1.82, 2.24) is 0 Å². The molecule has 1 heterocycles. The molecule has 0 spiro atoms. The van der Waals surface area contributed by atoms with Gasteiger partial charge in [0.1, 0.15) is 34.3 Å². The zero-order valence-electron chi connectivity index (χ0n) is 18.2. The van der Waals surface area contributed by atoms with E-state index in [0.29, 0.717) is 0 Å². The third-order valence-corrected chi connectivity index (χ3v) is 5.50. The van der Waals surface area contributed by atoms with E-state index in [9.17, 15) is 49.2 Å².